The van der Waals surface area contributed by atoms with Gasteiger partial charge in [0.15, 0.2) is 0 Å². The molecule has 0 aromatic heterocycles. The van der Waals surface area contributed by atoms with E-state index in [0.29, 0.717) is 46.8 Å². The number of ether oxygens (including phenoxy) is 3. The van der Waals surface area contributed by atoms with Crippen molar-refractivity contribution in [3.8, 4) is 5.75 Å². The zero-order valence-electron chi connectivity index (χ0n) is 24.8. The van der Waals surface area contributed by atoms with Crippen molar-refractivity contribution < 1.29 is 28.6 Å². The molecule has 2 aliphatic rings. The number of carbonyl (C=O) groups excluding carboxylic acids is 3. The van der Waals surface area contributed by atoms with E-state index >= 15 is 0 Å². The van der Waals surface area contributed by atoms with Gasteiger partial charge in [-0.05, 0) is 62.6 Å². The quantitative estimate of drug-likeness (QED) is 0.327. The number of anilines is 2. The molecule has 42 heavy (non-hydrogen) atoms. The Morgan fingerprint density at radius 3 is 2.38 bits per heavy atom. The summed E-state index contributed by atoms with van der Waals surface area (Å²) in [4.78, 5) is 42.9. The minimum absolute atomic E-state index is 0.305. The Kier molecular flexibility index (Phi) is 7.58. The smallest absolute Gasteiger partial charge is 0.412 e. The Morgan fingerprint density at radius 2 is 1.71 bits per heavy atom. The Hall–Kier alpha value is -4.59. The molecule has 3 aromatic rings. The average Bonchev–Trinajstić information content (AvgIpc) is 3.17. The number of carbonyl (C=O) groups is 3. The molecule has 8 heteroatoms. The summed E-state index contributed by atoms with van der Waals surface area (Å²) < 4.78 is 17.3. The first-order valence-corrected chi connectivity index (χ1v) is 14.1. The highest BCUT2D eigenvalue weighted by Crippen LogP contribution is 2.55. The summed E-state index contributed by atoms with van der Waals surface area (Å²) in [6, 6.07) is 22.2. The van der Waals surface area contributed by atoms with E-state index in [1.165, 1.54) is 0 Å². The maximum atomic E-state index is 14.5. The number of hydrogen-bond acceptors (Lipinski definition) is 6. The molecule has 0 saturated heterocycles. The van der Waals surface area contributed by atoms with Crippen molar-refractivity contribution in [2.24, 2.45) is 5.92 Å². The molecule has 2 heterocycles. The van der Waals surface area contributed by atoms with Gasteiger partial charge in [0, 0.05) is 17.0 Å². The summed E-state index contributed by atoms with van der Waals surface area (Å²) in [5.74, 6) is -0.887. The molecule has 1 N–H and O–H groups in total. The van der Waals surface area contributed by atoms with Crippen LogP contribution in [0.2, 0.25) is 0 Å². The molecule has 1 spiro atoms. The van der Waals surface area contributed by atoms with Crippen LogP contribution in [0.25, 0.3) is 5.57 Å². The van der Waals surface area contributed by atoms with Gasteiger partial charge in [-0.15, -0.1) is 0 Å². The number of fused-ring (bicyclic) bond motifs is 2. The van der Waals surface area contributed by atoms with Crippen LogP contribution in [0.3, 0.4) is 0 Å². The molecule has 0 aliphatic carbocycles. The molecular weight excluding hydrogens is 532 g/mol. The van der Waals surface area contributed by atoms with Gasteiger partial charge in [0.1, 0.15) is 11.4 Å². The average molecular weight is 569 g/mol. The number of rotatable bonds is 6. The maximum absolute atomic E-state index is 14.5. The number of nitrogens with zero attached hydrogens (tertiary/aromatic N) is 1. The highest BCUT2D eigenvalue weighted by Gasteiger charge is 2.61. The summed E-state index contributed by atoms with van der Waals surface area (Å²) in [5, 5.41) is 2.78. The van der Waals surface area contributed by atoms with Gasteiger partial charge >= 0.3 is 12.1 Å². The first-order valence-electron chi connectivity index (χ1n) is 14.1. The SMILES string of the molecule is CCC1=C(c2ccccc2NC(=O)OC(C)(C)C)C(=O)O[C@]2(C(=O)N(Cc3ccccc3)c3ccc(OC)cc32)C1C. The van der Waals surface area contributed by atoms with Gasteiger partial charge in [-0.3, -0.25) is 10.1 Å². The molecule has 0 bridgehead atoms. The van der Waals surface area contributed by atoms with E-state index in [2.05, 4.69) is 5.32 Å². The van der Waals surface area contributed by atoms with Crippen LogP contribution in [0, 0.1) is 5.92 Å². The van der Waals surface area contributed by atoms with Crippen molar-refractivity contribution in [2.45, 2.75) is 58.8 Å². The summed E-state index contributed by atoms with van der Waals surface area (Å²) in [6.45, 7) is 9.54. The third-order valence-corrected chi connectivity index (χ3v) is 7.77. The third-order valence-electron chi connectivity index (χ3n) is 7.77. The first-order chi connectivity index (χ1) is 20.0. The fourth-order valence-electron chi connectivity index (χ4n) is 5.91. The van der Waals surface area contributed by atoms with Crippen LogP contribution in [0.5, 0.6) is 5.75 Å². The highest BCUT2D eigenvalue weighted by molar-refractivity contribution is 6.23. The number of esters is 1. The molecule has 3 aromatic carbocycles. The van der Waals surface area contributed by atoms with E-state index in [9.17, 15) is 14.4 Å². The number of para-hydroxylation sites is 1. The van der Waals surface area contributed by atoms with Gasteiger partial charge in [-0.1, -0.05) is 62.4 Å². The molecule has 0 radical (unpaired) electrons. The van der Waals surface area contributed by atoms with Gasteiger partial charge < -0.3 is 19.1 Å². The van der Waals surface area contributed by atoms with Crippen molar-refractivity contribution in [3.63, 3.8) is 0 Å². The van der Waals surface area contributed by atoms with Gasteiger partial charge in [-0.2, -0.15) is 0 Å². The second-order valence-electron chi connectivity index (χ2n) is 11.5. The van der Waals surface area contributed by atoms with E-state index in [1.807, 2.05) is 50.2 Å². The lowest BCUT2D eigenvalue weighted by atomic mass is 9.73. The fraction of sp³-hybridized carbons (Fsp3) is 0.324. The number of nitrogens with one attached hydrogen (secondary N) is 1. The van der Waals surface area contributed by atoms with E-state index in [-0.39, 0.29) is 5.91 Å². The zero-order chi connectivity index (χ0) is 30.2. The van der Waals surface area contributed by atoms with Gasteiger partial charge in [0.05, 0.1) is 30.6 Å². The summed E-state index contributed by atoms with van der Waals surface area (Å²) >= 11 is 0. The van der Waals surface area contributed by atoms with Gasteiger partial charge in [-0.25, -0.2) is 9.59 Å². The van der Waals surface area contributed by atoms with Crippen LogP contribution >= 0.6 is 0 Å². The minimum atomic E-state index is -1.57. The van der Waals surface area contributed by atoms with Crippen molar-refractivity contribution in [3.05, 3.63) is 95.1 Å². The Bertz CT molecular complexity index is 1570. The van der Waals surface area contributed by atoms with Crippen LogP contribution < -0.4 is 15.0 Å². The number of benzene rings is 3. The van der Waals surface area contributed by atoms with Crippen molar-refractivity contribution >= 4 is 34.9 Å². The van der Waals surface area contributed by atoms with Crippen LogP contribution in [0.1, 0.15) is 57.7 Å². The lowest BCUT2D eigenvalue weighted by Crippen LogP contribution is -2.51. The second kappa shape index (κ2) is 11.0. The highest BCUT2D eigenvalue weighted by atomic mass is 16.6. The Balaban J connectivity index is 1.62. The van der Waals surface area contributed by atoms with E-state index in [0.717, 1.165) is 11.1 Å². The van der Waals surface area contributed by atoms with Crippen molar-refractivity contribution in [1.82, 2.24) is 0 Å². The Morgan fingerprint density at radius 1 is 1.02 bits per heavy atom. The number of hydrogen-bond donors (Lipinski definition) is 1. The molecule has 0 fully saturated rings. The summed E-state index contributed by atoms with van der Waals surface area (Å²) in [7, 11) is 1.56. The van der Waals surface area contributed by atoms with Crippen molar-refractivity contribution in [2.75, 3.05) is 17.3 Å². The Labute approximate surface area is 246 Å². The molecule has 2 aliphatic heterocycles. The molecule has 2 atom stereocenters. The summed E-state index contributed by atoms with van der Waals surface area (Å²) in [5.41, 5.74) is 1.97. The molecule has 8 nitrogen and oxygen atoms in total. The maximum Gasteiger partial charge on any atom is 0.412 e. The molecular formula is C34H36N2O6. The topological polar surface area (TPSA) is 94.2 Å². The number of amides is 2. The first kappa shape index (κ1) is 28.9. The van der Waals surface area contributed by atoms with E-state index < -0.39 is 29.2 Å². The lowest BCUT2D eigenvalue weighted by molar-refractivity contribution is -0.169. The second-order valence-corrected chi connectivity index (χ2v) is 11.5. The molecule has 0 saturated carbocycles. The monoisotopic (exact) mass is 568 g/mol. The van der Waals surface area contributed by atoms with Crippen molar-refractivity contribution in [1.29, 1.82) is 0 Å². The fourth-order valence-corrected chi connectivity index (χ4v) is 5.91. The van der Waals surface area contributed by atoms with Gasteiger partial charge in [0.2, 0.25) is 5.60 Å². The van der Waals surface area contributed by atoms with Crippen LogP contribution in [0.4, 0.5) is 16.2 Å². The predicted octanol–water partition coefficient (Wildman–Crippen LogP) is 6.84. The predicted molar refractivity (Wildman–Crippen MR) is 161 cm³/mol. The molecule has 5 rings (SSSR count). The van der Waals surface area contributed by atoms with E-state index in [4.69, 9.17) is 14.2 Å². The molecule has 218 valence electrons. The molecule has 2 amide bonds. The summed E-state index contributed by atoms with van der Waals surface area (Å²) in [6.07, 6.45) is -0.148. The lowest BCUT2D eigenvalue weighted by Gasteiger charge is -2.40. The van der Waals surface area contributed by atoms with Crippen LogP contribution in [0.15, 0.2) is 78.4 Å². The van der Waals surface area contributed by atoms with Crippen LogP contribution in [-0.2, 0) is 31.2 Å². The largest absolute Gasteiger partial charge is 0.497 e. The van der Waals surface area contributed by atoms with E-state index in [1.54, 1.807) is 69.2 Å². The standard InChI is InChI=1S/C34H36N2O6/c1-7-24-21(2)34(41-30(37)29(24)25-15-11-12-16-27(25)35-32(39)42-33(3,4)5)26-19-23(40-6)17-18-28(26)36(31(34)38)20-22-13-9-8-10-14-22/h8-19,21H,7,20H2,1-6H3,(H,35,39)/t21?,34-/m1/s1. The normalized spacial score (nSPS) is 20.0. The third kappa shape index (κ3) is 5.02. The number of methoxy groups -OCH3 is 1. The molecule has 1 unspecified atom stereocenters. The van der Waals surface area contributed by atoms with Gasteiger partial charge in [0.25, 0.3) is 5.91 Å². The van der Waals surface area contributed by atoms with Crippen LogP contribution in [-0.4, -0.2) is 30.7 Å². The minimum Gasteiger partial charge on any atom is -0.497 e. The zero-order valence-corrected chi connectivity index (χ0v) is 24.8.